The van der Waals surface area contributed by atoms with E-state index >= 15 is 0 Å². The van der Waals surface area contributed by atoms with Crippen molar-refractivity contribution >= 4 is 15.8 Å². The van der Waals surface area contributed by atoms with Crippen LogP contribution in [0.4, 0.5) is 0 Å². The van der Waals surface area contributed by atoms with E-state index in [0.29, 0.717) is 13.0 Å². The normalized spacial score (nSPS) is 13.7. The molecule has 1 unspecified atom stereocenters. The van der Waals surface area contributed by atoms with Crippen LogP contribution in [-0.4, -0.2) is 50.5 Å². The van der Waals surface area contributed by atoms with Crippen molar-refractivity contribution in [1.82, 2.24) is 15.6 Å². The van der Waals surface area contributed by atoms with E-state index < -0.39 is 9.84 Å². The number of aromatic nitrogens is 1. The summed E-state index contributed by atoms with van der Waals surface area (Å²) in [7, 11) is -2.93. The lowest BCUT2D eigenvalue weighted by molar-refractivity contribution is 0.581. The number of hydrogen-bond donors (Lipinski definition) is 2. The van der Waals surface area contributed by atoms with Gasteiger partial charge in [0.2, 0.25) is 0 Å². The fraction of sp³-hybridized carbons (Fsp3) is 0.625. The van der Waals surface area contributed by atoms with E-state index in [1.54, 1.807) is 6.20 Å². The molecular weight excluding hydrogens is 312 g/mol. The van der Waals surface area contributed by atoms with Gasteiger partial charge in [-0.15, -0.1) is 0 Å². The van der Waals surface area contributed by atoms with Gasteiger partial charge in [-0.05, 0) is 50.8 Å². The van der Waals surface area contributed by atoms with Gasteiger partial charge in [-0.2, -0.15) is 0 Å². The maximum absolute atomic E-state index is 11.2. The predicted octanol–water partition coefficient (Wildman–Crippen LogP) is 1.31. The average molecular weight is 340 g/mol. The van der Waals surface area contributed by atoms with Crippen LogP contribution in [0, 0.1) is 6.92 Å². The van der Waals surface area contributed by atoms with Crippen LogP contribution < -0.4 is 10.6 Å². The first-order valence-electron chi connectivity index (χ1n) is 7.94. The van der Waals surface area contributed by atoms with Crippen molar-refractivity contribution in [3.63, 3.8) is 0 Å². The van der Waals surface area contributed by atoms with Crippen molar-refractivity contribution in [2.24, 2.45) is 4.99 Å². The summed E-state index contributed by atoms with van der Waals surface area (Å²) in [5.41, 5.74) is 2.41. The van der Waals surface area contributed by atoms with Crippen LogP contribution in [0.1, 0.15) is 31.4 Å². The summed E-state index contributed by atoms with van der Waals surface area (Å²) in [5, 5.41) is 6.44. The molecule has 1 aromatic rings. The van der Waals surface area contributed by atoms with Gasteiger partial charge in [0.25, 0.3) is 0 Å². The van der Waals surface area contributed by atoms with E-state index in [1.165, 1.54) is 17.4 Å². The number of rotatable bonds is 8. The Balaban J connectivity index is 2.54. The van der Waals surface area contributed by atoms with Crippen LogP contribution in [-0.2, 0) is 16.3 Å². The fourth-order valence-electron chi connectivity index (χ4n) is 2.09. The second-order valence-electron chi connectivity index (χ2n) is 5.78. The highest BCUT2D eigenvalue weighted by molar-refractivity contribution is 7.90. The molecule has 0 aliphatic heterocycles. The van der Waals surface area contributed by atoms with E-state index in [-0.39, 0.29) is 11.8 Å². The van der Waals surface area contributed by atoms with Gasteiger partial charge in [-0.3, -0.25) is 9.98 Å². The molecule has 0 aliphatic rings. The number of hydrogen-bond acceptors (Lipinski definition) is 4. The van der Waals surface area contributed by atoms with Gasteiger partial charge in [0.05, 0.1) is 5.75 Å². The highest BCUT2D eigenvalue weighted by Crippen LogP contribution is 2.05. The van der Waals surface area contributed by atoms with Crippen LogP contribution >= 0.6 is 0 Å². The van der Waals surface area contributed by atoms with Gasteiger partial charge in [0.15, 0.2) is 5.96 Å². The first-order chi connectivity index (χ1) is 10.8. The average Bonchev–Trinajstić information content (AvgIpc) is 2.46. The van der Waals surface area contributed by atoms with E-state index in [0.717, 1.165) is 18.9 Å². The molecule has 1 atom stereocenters. The van der Waals surface area contributed by atoms with Crippen LogP contribution in [0.25, 0.3) is 0 Å². The molecule has 0 bridgehead atoms. The molecule has 0 aliphatic carbocycles. The zero-order valence-corrected chi connectivity index (χ0v) is 15.3. The number of aliphatic imine (C=N–C) groups is 1. The second kappa shape index (κ2) is 9.50. The topological polar surface area (TPSA) is 83.4 Å². The molecule has 0 amide bonds. The lowest BCUT2D eigenvalue weighted by Crippen LogP contribution is -2.43. The summed E-state index contributed by atoms with van der Waals surface area (Å²) < 4.78 is 22.5. The monoisotopic (exact) mass is 340 g/mol. The van der Waals surface area contributed by atoms with Gasteiger partial charge in [0, 0.05) is 37.8 Å². The standard InChI is InChI=1S/C16H28N4O2S/c1-5-18-16(20-14(3)8-11-23(4,21)22)19-10-7-15-6-9-17-12-13(15)2/h6,9,12,14H,5,7-8,10-11H2,1-4H3,(H2,18,19,20). The molecule has 0 aromatic carbocycles. The molecule has 0 saturated heterocycles. The molecule has 1 rings (SSSR count). The summed E-state index contributed by atoms with van der Waals surface area (Å²) in [6, 6.07) is 2.06. The largest absolute Gasteiger partial charge is 0.357 e. The lowest BCUT2D eigenvalue weighted by Gasteiger charge is -2.17. The Bertz CT molecular complexity index is 614. The molecule has 0 radical (unpaired) electrons. The molecular formula is C16H28N4O2S. The minimum Gasteiger partial charge on any atom is -0.357 e. The highest BCUT2D eigenvalue weighted by Gasteiger charge is 2.09. The van der Waals surface area contributed by atoms with Crippen molar-refractivity contribution in [2.45, 2.75) is 39.7 Å². The Morgan fingerprint density at radius 3 is 2.78 bits per heavy atom. The maximum atomic E-state index is 11.2. The number of nitrogens with zero attached hydrogens (tertiary/aromatic N) is 2. The summed E-state index contributed by atoms with van der Waals surface area (Å²) >= 11 is 0. The van der Waals surface area contributed by atoms with Crippen LogP contribution in [0.15, 0.2) is 23.5 Å². The number of nitrogens with one attached hydrogen (secondary N) is 2. The van der Waals surface area contributed by atoms with Crippen LogP contribution in [0.3, 0.4) is 0 Å². The van der Waals surface area contributed by atoms with Gasteiger partial charge in [-0.1, -0.05) is 0 Å². The Kier molecular flexibility index (Phi) is 8.02. The van der Waals surface area contributed by atoms with Crippen molar-refractivity contribution in [1.29, 1.82) is 0 Å². The SMILES string of the molecule is CCNC(=NCCc1ccncc1C)NC(C)CCS(C)(=O)=O. The molecule has 0 saturated carbocycles. The van der Waals surface area contributed by atoms with E-state index in [2.05, 4.69) is 20.6 Å². The molecule has 23 heavy (non-hydrogen) atoms. The van der Waals surface area contributed by atoms with Crippen LogP contribution in [0.2, 0.25) is 0 Å². The number of pyridine rings is 1. The minimum atomic E-state index is -2.93. The highest BCUT2D eigenvalue weighted by atomic mass is 32.2. The Morgan fingerprint density at radius 1 is 1.43 bits per heavy atom. The summed E-state index contributed by atoms with van der Waals surface area (Å²) in [4.78, 5) is 8.65. The third-order valence-electron chi connectivity index (χ3n) is 3.44. The number of sulfone groups is 1. The summed E-state index contributed by atoms with van der Waals surface area (Å²) in [5.74, 6) is 0.900. The predicted molar refractivity (Wildman–Crippen MR) is 95.6 cm³/mol. The van der Waals surface area contributed by atoms with Gasteiger partial charge in [0.1, 0.15) is 9.84 Å². The maximum Gasteiger partial charge on any atom is 0.191 e. The van der Waals surface area contributed by atoms with Gasteiger partial charge < -0.3 is 10.6 Å². The molecule has 1 heterocycles. The zero-order chi connectivity index (χ0) is 17.3. The molecule has 130 valence electrons. The molecule has 6 nitrogen and oxygen atoms in total. The molecule has 1 aromatic heterocycles. The molecule has 0 spiro atoms. The molecule has 7 heteroatoms. The first-order valence-corrected chi connectivity index (χ1v) is 10.00. The second-order valence-corrected chi connectivity index (χ2v) is 8.04. The van der Waals surface area contributed by atoms with Gasteiger partial charge in [-0.25, -0.2) is 8.42 Å². The third kappa shape index (κ3) is 8.54. The van der Waals surface area contributed by atoms with Gasteiger partial charge >= 0.3 is 0 Å². The quantitative estimate of drug-likeness (QED) is 0.551. The molecule has 0 fully saturated rings. The molecule has 2 N–H and O–H groups in total. The number of aryl methyl sites for hydroxylation is 1. The first kappa shape index (κ1) is 19.4. The minimum absolute atomic E-state index is 0.0465. The Morgan fingerprint density at radius 2 is 2.17 bits per heavy atom. The van der Waals surface area contributed by atoms with E-state index in [9.17, 15) is 8.42 Å². The smallest absolute Gasteiger partial charge is 0.191 e. The third-order valence-corrected chi connectivity index (χ3v) is 4.41. The fourth-order valence-corrected chi connectivity index (χ4v) is 2.87. The zero-order valence-electron chi connectivity index (χ0n) is 14.5. The Hall–Kier alpha value is -1.63. The van der Waals surface area contributed by atoms with E-state index in [4.69, 9.17) is 0 Å². The summed E-state index contributed by atoms with van der Waals surface area (Å²) in [6.07, 6.45) is 6.32. The Labute approximate surface area is 139 Å². The van der Waals surface area contributed by atoms with Crippen LogP contribution in [0.5, 0.6) is 0 Å². The van der Waals surface area contributed by atoms with Crippen molar-refractivity contribution in [3.05, 3.63) is 29.6 Å². The summed E-state index contributed by atoms with van der Waals surface area (Å²) in [6.45, 7) is 7.44. The van der Waals surface area contributed by atoms with E-state index in [1.807, 2.05) is 33.0 Å². The van der Waals surface area contributed by atoms with Crippen molar-refractivity contribution < 1.29 is 8.42 Å². The van der Waals surface area contributed by atoms with Crippen molar-refractivity contribution in [3.8, 4) is 0 Å². The van der Waals surface area contributed by atoms with Crippen molar-refractivity contribution in [2.75, 3.05) is 25.1 Å². The lowest BCUT2D eigenvalue weighted by atomic mass is 10.1. The number of guanidine groups is 1.